The number of fused-ring (bicyclic) bond motifs is 2. The number of aryl methyl sites for hydroxylation is 3. The lowest BCUT2D eigenvalue weighted by Crippen LogP contribution is -2.31. The van der Waals surface area contributed by atoms with Crippen LogP contribution < -0.4 is 10.6 Å². The van der Waals surface area contributed by atoms with Gasteiger partial charge in [0.25, 0.3) is 23.6 Å². The second kappa shape index (κ2) is 43.9. The first-order valence-electron chi connectivity index (χ1n) is 39.3. The molecule has 0 saturated heterocycles. The number of nitrogens with zero attached hydrogens (tertiary/aromatic N) is 5. The maximum absolute atomic E-state index is 14.5. The molecule has 0 fully saturated rings. The van der Waals surface area contributed by atoms with Gasteiger partial charge in [-0.1, -0.05) is 313 Å². The first-order chi connectivity index (χ1) is 49.7. The summed E-state index contributed by atoms with van der Waals surface area (Å²) in [6.45, 7) is 17.8. The van der Waals surface area contributed by atoms with Crippen molar-refractivity contribution in [1.29, 1.82) is 0 Å². The molecule has 4 heterocycles. The minimum absolute atomic E-state index is 0. The fourth-order valence-corrected chi connectivity index (χ4v) is 14.9. The molecule has 6 aromatic rings. The topological polar surface area (TPSA) is 110 Å². The minimum Gasteiger partial charge on any atom is -0.399 e. The zero-order chi connectivity index (χ0) is 72.8. The molecule has 0 bridgehead atoms. The average Bonchev–Trinajstić information content (AvgIpc) is 1.57. The van der Waals surface area contributed by atoms with Crippen molar-refractivity contribution in [3.8, 4) is 0 Å². The smallest absolute Gasteiger partial charge is 0.261 e. The third-order valence-electron chi connectivity index (χ3n) is 20.3. The summed E-state index contributed by atoms with van der Waals surface area (Å²) in [5, 5.41) is 0. The highest BCUT2D eigenvalue weighted by atomic mass is 79.9. The Kier molecular flexibility index (Phi) is 35.3. The number of benzene rings is 6. The van der Waals surface area contributed by atoms with Gasteiger partial charge in [0, 0.05) is 59.2 Å². The number of nitrogen functional groups attached to an aromatic ring is 1. The molecule has 0 radical (unpaired) electrons. The number of unbranched alkanes of at least 4 members (excludes halogenated alkanes) is 22. The highest BCUT2D eigenvalue weighted by Gasteiger charge is 2.50. The molecule has 10 rings (SSSR count). The summed E-state index contributed by atoms with van der Waals surface area (Å²) in [7, 11) is 2.10. The largest absolute Gasteiger partial charge is 0.399 e. The zero-order valence-corrected chi connectivity index (χ0v) is 66.3. The molecule has 4 aliphatic rings. The number of nitrogens with two attached hydrogens (primary N) is 1. The third kappa shape index (κ3) is 22.9. The lowest BCUT2D eigenvalue weighted by atomic mass is 10.0. The van der Waals surface area contributed by atoms with Gasteiger partial charge < -0.3 is 30.2 Å². The Hall–Kier alpha value is -7.28. The van der Waals surface area contributed by atoms with Gasteiger partial charge in [0.05, 0.1) is 45.1 Å². The van der Waals surface area contributed by atoms with Gasteiger partial charge in [-0.15, -0.1) is 0 Å². The van der Waals surface area contributed by atoms with Crippen LogP contribution in [0.4, 0.5) is 17.1 Å². The predicted molar refractivity (Wildman–Crippen MR) is 443 cm³/mol. The molecule has 10 nitrogen and oxygen atoms in total. The maximum Gasteiger partial charge on any atom is 0.261 e. The molecule has 554 valence electrons. The molecule has 0 saturated carbocycles. The van der Waals surface area contributed by atoms with Gasteiger partial charge in [-0.3, -0.25) is 19.2 Å². The van der Waals surface area contributed by atoms with Crippen LogP contribution in [0.25, 0.3) is 22.8 Å². The summed E-state index contributed by atoms with van der Waals surface area (Å²) in [6.07, 6.45) is 35.4. The summed E-state index contributed by atoms with van der Waals surface area (Å²) >= 11 is 7.04. The van der Waals surface area contributed by atoms with Crippen molar-refractivity contribution in [3.05, 3.63) is 216 Å². The van der Waals surface area contributed by atoms with Crippen molar-refractivity contribution < 1.29 is 19.2 Å². The Bertz CT molecular complexity index is 3670. The summed E-state index contributed by atoms with van der Waals surface area (Å²) < 4.78 is 1.94. The number of carbonyl (C=O) groups is 4. The molecule has 103 heavy (non-hydrogen) atoms. The standard InChI is InChI=1S/C46H61N3O2.C30H34Br2N2O2.C14H23N.CH4/c1-6-9-12-15-16-17-20-36-23-29-39(30-24-36)47(5)40-31-27-38(28-32-40)44-42-41(45(50)49(44)34-19-14-11-8-3)43(37-25-21-35(4)22-26-37)48(46(42)51)33-18-13-10-7-2;1-3-5-7-9-19-33-27(21-11-15-23(31)16-12-21)25-26(29(33)35)28(22-13-17-24(32)18-14-22)34(30(25)36)20-10-8-6-4-2;1-2-3-4-5-6-7-8-13-9-11-14(15)12-10-13;/h21-32H,6-20,33-34H2,1-5H3;11-18H,3-10,19-20H2,1-2H3;9-12H,2-8,15H2,1H3;1H4. The van der Waals surface area contributed by atoms with Crippen LogP contribution in [0.5, 0.6) is 0 Å². The molecule has 0 aliphatic carbocycles. The highest BCUT2D eigenvalue weighted by molar-refractivity contribution is 9.10. The highest BCUT2D eigenvalue weighted by Crippen LogP contribution is 2.49. The van der Waals surface area contributed by atoms with E-state index in [2.05, 4.69) is 177 Å². The van der Waals surface area contributed by atoms with E-state index in [1.54, 1.807) is 0 Å². The van der Waals surface area contributed by atoms with Gasteiger partial charge in [-0.05, 0) is 152 Å². The number of anilines is 3. The Balaban J connectivity index is 0.000000247. The molecular weight excluding hydrogens is 1400 g/mol. The molecule has 0 aromatic heterocycles. The van der Waals surface area contributed by atoms with Gasteiger partial charge >= 0.3 is 0 Å². The van der Waals surface area contributed by atoms with Gasteiger partial charge in [0.1, 0.15) is 0 Å². The quantitative estimate of drug-likeness (QED) is 0.0303. The van der Waals surface area contributed by atoms with E-state index in [1.807, 2.05) is 80.3 Å². The average molecular weight is 1520 g/mol. The molecular formula is C91H122Br2N6O4. The third-order valence-corrected chi connectivity index (χ3v) is 21.4. The van der Waals surface area contributed by atoms with Crippen LogP contribution in [0.2, 0.25) is 0 Å². The Labute approximate surface area is 638 Å². The number of hydrogen-bond acceptors (Lipinski definition) is 6. The molecule has 6 aromatic carbocycles. The summed E-state index contributed by atoms with van der Waals surface area (Å²) in [6, 6.07) is 49.8. The summed E-state index contributed by atoms with van der Waals surface area (Å²) in [5.74, 6) is -0.194. The molecule has 4 aliphatic heterocycles. The van der Waals surface area contributed by atoms with E-state index in [0.29, 0.717) is 48.5 Å². The zero-order valence-electron chi connectivity index (χ0n) is 63.1. The van der Waals surface area contributed by atoms with Crippen molar-refractivity contribution >= 4 is 95.3 Å². The summed E-state index contributed by atoms with van der Waals surface area (Å²) in [5.41, 5.74) is 21.7. The fraction of sp³-hybridized carbons (Fsp3) is 0.473. The summed E-state index contributed by atoms with van der Waals surface area (Å²) in [4.78, 5) is 66.8. The van der Waals surface area contributed by atoms with Crippen LogP contribution in [-0.4, -0.2) is 76.5 Å². The number of carbonyl (C=O) groups excluding carboxylic acids is 4. The number of halogens is 2. The number of hydrogen-bond donors (Lipinski definition) is 1. The maximum atomic E-state index is 14.5. The van der Waals surface area contributed by atoms with Crippen LogP contribution in [0, 0.1) is 6.92 Å². The van der Waals surface area contributed by atoms with E-state index < -0.39 is 0 Å². The van der Waals surface area contributed by atoms with E-state index in [4.69, 9.17) is 5.73 Å². The van der Waals surface area contributed by atoms with Crippen LogP contribution in [0.15, 0.2) is 177 Å². The normalized spacial score (nSPS) is 14.1. The van der Waals surface area contributed by atoms with E-state index >= 15 is 0 Å². The van der Waals surface area contributed by atoms with Crippen molar-refractivity contribution in [3.63, 3.8) is 0 Å². The number of rotatable bonds is 40. The van der Waals surface area contributed by atoms with E-state index in [-0.39, 0.29) is 31.1 Å². The fourth-order valence-electron chi connectivity index (χ4n) is 14.3. The Morgan fingerprint density at radius 1 is 0.311 bits per heavy atom. The number of amides is 4. The van der Waals surface area contributed by atoms with Crippen LogP contribution in [-0.2, 0) is 32.0 Å². The molecule has 0 spiro atoms. The lowest BCUT2D eigenvalue weighted by Gasteiger charge is -2.26. The van der Waals surface area contributed by atoms with Crippen LogP contribution in [0.3, 0.4) is 0 Å². The van der Waals surface area contributed by atoms with Gasteiger partial charge in [0.2, 0.25) is 0 Å². The van der Waals surface area contributed by atoms with Crippen molar-refractivity contribution in [2.45, 2.75) is 249 Å². The monoisotopic (exact) mass is 1520 g/mol. The SMILES string of the molecule is C.CCCCCCCCc1ccc(N(C)c2ccc(C3=C4C(=O)N(CCCCCC)C(c5ccc(C)cc5)=C4C(=O)N3CCCCCC)cc2)cc1.CCCCCCCCc1ccc(N)cc1.CCCCCCN1C(=O)C2=C(c3ccc(Br)cc3)N(CCCCCC)C(=O)C2=C1c1ccc(Br)cc1. The second-order valence-corrected chi connectivity index (χ2v) is 30.2. The molecule has 2 N–H and O–H groups in total. The first-order valence-corrected chi connectivity index (χ1v) is 40.9. The molecule has 0 atom stereocenters. The molecule has 12 heteroatoms. The molecule has 4 amide bonds. The van der Waals surface area contributed by atoms with Crippen molar-refractivity contribution in [1.82, 2.24) is 19.6 Å². The van der Waals surface area contributed by atoms with Gasteiger partial charge in [0.15, 0.2) is 0 Å². The lowest BCUT2D eigenvalue weighted by molar-refractivity contribution is -0.124. The molecule has 0 unspecified atom stereocenters. The predicted octanol–water partition coefficient (Wildman–Crippen LogP) is 24.6. The van der Waals surface area contributed by atoms with E-state index in [0.717, 1.165) is 186 Å². The first kappa shape index (κ1) is 83.0. The van der Waals surface area contributed by atoms with Crippen molar-refractivity contribution in [2.75, 3.05) is 43.9 Å². The van der Waals surface area contributed by atoms with Gasteiger partial charge in [-0.2, -0.15) is 0 Å². The van der Waals surface area contributed by atoms with E-state index in [1.165, 1.54) is 94.6 Å². The second-order valence-electron chi connectivity index (χ2n) is 28.4. The van der Waals surface area contributed by atoms with E-state index in [9.17, 15) is 19.2 Å². The Morgan fingerprint density at radius 3 is 0.835 bits per heavy atom. The van der Waals surface area contributed by atoms with Crippen LogP contribution >= 0.6 is 31.9 Å². The van der Waals surface area contributed by atoms with Gasteiger partial charge in [-0.25, -0.2) is 0 Å². The van der Waals surface area contributed by atoms with Crippen molar-refractivity contribution in [2.24, 2.45) is 0 Å². The Morgan fingerprint density at radius 2 is 0.544 bits per heavy atom. The minimum atomic E-state index is -0.0539. The van der Waals surface area contributed by atoms with Crippen LogP contribution in [0.1, 0.15) is 268 Å².